The van der Waals surface area contributed by atoms with Crippen LogP contribution in [0.25, 0.3) is 10.9 Å². The molecule has 4 heteroatoms. The number of aryl methyl sites for hydroxylation is 1. The summed E-state index contributed by atoms with van der Waals surface area (Å²) in [5.41, 5.74) is 1.63. The highest BCUT2D eigenvalue weighted by atomic mass is 16.1. The van der Waals surface area contributed by atoms with Gasteiger partial charge in [0, 0.05) is 12.4 Å². The first-order valence-electron chi connectivity index (χ1n) is 3.81. The molecule has 1 heterocycles. The van der Waals surface area contributed by atoms with Gasteiger partial charge in [0.1, 0.15) is 0 Å². The topological polar surface area (TPSA) is 47.2 Å². The fourth-order valence-corrected chi connectivity index (χ4v) is 1.27. The van der Waals surface area contributed by atoms with Crippen LogP contribution in [0.4, 0.5) is 5.69 Å². The Bertz CT molecular complexity index is 495. The van der Waals surface area contributed by atoms with Crippen molar-refractivity contribution >= 4 is 22.7 Å². The monoisotopic (exact) mass is 173 g/mol. The van der Waals surface area contributed by atoms with Crippen molar-refractivity contribution in [2.75, 3.05) is 0 Å². The summed E-state index contributed by atoms with van der Waals surface area (Å²) < 4.78 is 1.77. The molecule has 2 rings (SSSR count). The molecule has 0 saturated carbocycles. The Kier molecular flexibility index (Phi) is 1.69. The minimum absolute atomic E-state index is 0.607. The van der Waals surface area contributed by atoms with E-state index in [9.17, 15) is 4.79 Å². The van der Waals surface area contributed by atoms with E-state index in [0.717, 1.165) is 10.9 Å². The minimum Gasteiger partial charge on any atom is -0.268 e. The SMILES string of the molecule is Cn1ncc2cc(N=C=O)ccc21. The van der Waals surface area contributed by atoms with Gasteiger partial charge in [-0.05, 0) is 18.2 Å². The lowest BCUT2D eigenvalue weighted by atomic mass is 10.2. The number of fused-ring (bicyclic) bond motifs is 1. The van der Waals surface area contributed by atoms with Crippen molar-refractivity contribution < 1.29 is 4.79 Å². The van der Waals surface area contributed by atoms with Crippen LogP contribution in [0.3, 0.4) is 0 Å². The molecule has 0 radical (unpaired) electrons. The molecule has 0 aliphatic heterocycles. The molecule has 0 spiro atoms. The van der Waals surface area contributed by atoms with Crippen molar-refractivity contribution in [3.05, 3.63) is 24.4 Å². The van der Waals surface area contributed by atoms with Gasteiger partial charge in [-0.25, -0.2) is 4.79 Å². The third-order valence-corrected chi connectivity index (χ3v) is 1.90. The lowest BCUT2D eigenvalue weighted by molar-refractivity contribution is 0.565. The molecule has 2 aromatic rings. The number of benzene rings is 1. The lowest BCUT2D eigenvalue weighted by Gasteiger charge is -1.93. The zero-order chi connectivity index (χ0) is 9.26. The first-order valence-corrected chi connectivity index (χ1v) is 3.81. The third kappa shape index (κ3) is 1.23. The van der Waals surface area contributed by atoms with Gasteiger partial charge < -0.3 is 0 Å². The second-order valence-electron chi connectivity index (χ2n) is 2.71. The molecule has 0 bridgehead atoms. The maximum Gasteiger partial charge on any atom is 0.240 e. The van der Waals surface area contributed by atoms with Crippen molar-refractivity contribution in [2.24, 2.45) is 12.0 Å². The zero-order valence-electron chi connectivity index (χ0n) is 7.06. The Morgan fingerprint density at radius 3 is 3.15 bits per heavy atom. The van der Waals surface area contributed by atoms with E-state index in [4.69, 9.17) is 0 Å². The normalized spacial score (nSPS) is 9.92. The highest BCUT2D eigenvalue weighted by molar-refractivity contribution is 5.82. The van der Waals surface area contributed by atoms with Crippen molar-refractivity contribution in [3.8, 4) is 0 Å². The molecule has 0 amide bonds. The summed E-state index contributed by atoms with van der Waals surface area (Å²) in [6, 6.07) is 5.43. The molecule has 13 heavy (non-hydrogen) atoms. The van der Waals surface area contributed by atoms with E-state index in [-0.39, 0.29) is 0 Å². The van der Waals surface area contributed by atoms with Gasteiger partial charge in [-0.15, -0.1) is 0 Å². The Morgan fingerprint density at radius 1 is 1.54 bits per heavy atom. The fraction of sp³-hybridized carbons (Fsp3) is 0.111. The maximum absolute atomic E-state index is 10.0. The quantitative estimate of drug-likeness (QED) is 0.485. The number of carbonyl (C=O) groups excluding carboxylic acids is 1. The first-order chi connectivity index (χ1) is 6.31. The van der Waals surface area contributed by atoms with E-state index >= 15 is 0 Å². The molecule has 0 saturated heterocycles. The van der Waals surface area contributed by atoms with Crippen molar-refractivity contribution in [1.82, 2.24) is 9.78 Å². The van der Waals surface area contributed by atoms with Crippen LogP contribution in [-0.4, -0.2) is 15.9 Å². The summed E-state index contributed by atoms with van der Waals surface area (Å²) in [6.07, 6.45) is 3.24. The van der Waals surface area contributed by atoms with Gasteiger partial charge in [-0.3, -0.25) is 4.68 Å². The van der Waals surface area contributed by atoms with E-state index in [0.29, 0.717) is 5.69 Å². The average molecular weight is 173 g/mol. The Hall–Kier alpha value is -1.93. The molecule has 0 fully saturated rings. The van der Waals surface area contributed by atoms with E-state index in [1.165, 1.54) is 6.08 Å². The van der Waals surface area contributed by atoms with Gasteiger partial charge in [0.05, 0.1) is 17.4 Å². The highest BCUT2D eigenvalue weighted by Crippen LogP contribution is 2.19. The van der Waals surface area contributed by atoms with Gasteiger partial charge in [0.25, 0.3) is 0 Å². The molecule has 64 valence electrons. The van der Waals surface area contributed by atoms with E-state index < -0.39 is 0 Å². The Balaban J connectivity index is 2.69. The summed E-state index contributed by atoms with van der Waals surface area (Å²) in [4.78, 5) is 13.5. The van der Waals surface area contributed by atoms with Crippen LogP contribution in [0.2, 0.25) is 0 Å². The number of hydrogen-bond donors (Lipinski definition) is 0. The second kappa shape index (κ2) is 2.84. The number of isocyanates is 1. The molecule has 0 unspecified atom stereocenters. The van der Waals surface area contributed by atoms with Crippen LogP contribution in [0.5, 0.6) is 0 Å². The average Bonchev–Trinajstić information content (AvgIpc) is 2.48. The molecule has 0 atom stereocenters. The molecule has 0 aliphatic carbocycles. The van der Waals surface area contributed by atoms with Crippen molar-refractivity contribution in [1.29, 1.82) is 0 Å². The second-order valence-corrected chi connectivity index (χ2v) is 2.71. The number of hydrogen-bond acceptors (Lipinski definition) is 3. The summed E-state index contributed by atoms with van der Waals surface area (Å²) in [5.74, 6) is 0. The predicted octanol–water partition coefficient (Wildman–Crippen LogP) is 1.54. The van der Waals surface area contributed by atoms with Crippen LogP contribution < -0.4 is 0 Å². The summed E-state index contributed by atoms with van der Waals surface area (Å²) >= 11 is 0. The summed E-state index contributed by atoms with van der Waals surface area (Å²) in [6.45, 7) is 0. The van der Waals surface area contributed by atoms with Crippen molar-refractivity contribution in [2.45, 2.75) is 0 Å². The number of nitrogens with zero attached hydrogens (tertiary/aromatic N) is 3. The van der Waals surface area contributed by atoms with Crippen LogP contribution in [0.1, 0.15) is 0 Å². The standard InChI is InChI=1S/C9H7N3O/c1-12-9-3-2-8(10-6-13)4-7(9)5-11-12/h2-5H,1H3. The largest absolute Gasteiger partial charge is 0.268 e. The smallest absolute Gasteiger partial charge is 0.240 e. The van der Waals surface area contributed by atoms with Crippen LogP contribution >= 0.6 is 0 Å². The molecule has 0 aliphatic rings. The number of aromatic nitrogens is 2. The van der Waals surface area contributed by atoms with Crippen LogP contribution in [0.15, 0.2) is 29.4 Å². The van der Waals surface area contributed by atoms with Crippen LogP contribution in [0, 0.1) is 0 Å². The number of rotatable bonds is 1. The van der Waals surface area contributed by atoms with Crippen molar-refractivity contribution in [3.63, 3.8) is 0 Å². The molecule has 1 aromatic heterocycles. The lowest BCUT2D eigenvalue weighted by Crippen LogP contribution is -1.87. The highest BCUT2D eigenvalue weighted by Gasteiger charge is 1.98. The zero-order valence-corrected chi connectivity index (χ0v) is 7.06. The molecule has 1 aromatic carbocycles. The van der Waals surface area contributed by atoms with Gasteiger partial charge in [0.15, 0.2) is 0 Å². The first kappa shape index (κ1) is 7.71. The van der Waals surface area contributed by atoms with Gasteiger partial charge in [0.2, 0.25) is 6.08 Å². The van der Waals surface area contributed by atoms with Gasteiger partial charge in [-0.1, -0.05) is 0 Å². The third-order valence-electron chi connectivity index (χ3n) is 1.90. The Labute approximate surface area is 74.5 Å². The maximum atomic E-state index is 10.0. The Morgan fingerprint density at radius 2 is 2.38 bits per heavy atom. The summed E-state index contributed by atoms with van der Waals surface area (Å²) in [5, 5.41) is 5.04. The molecule has 0 N–H and O–H groups in total. The minimum atomic E-state index is 0.607. The molecular weight excluding hydrogens is 166 g/mol. The summed E-state index contributed by atoms with van der Waals surface area (Å²) in [7, 11) is 1.87. The molecule has 4 nitrogen and oxygen atoms in total. The number of aliphatic imine (C=N–C) groups is 1. The fourth-order valence-electron chi connectivity index (χ4n) is 1.27. The molecular formula is C9H7N3O. The van der Waals surface area contributed by atoms with Gasteiger partial charge >= 0.3 is 0 Å². The van der Waals surface area contributed by atoms with E-state index in [1.807, 2.05) is 13.1 Å². The van der Waals surface area contributed by atoms with E-state index in [1.54, 1.807) is 23.0 Å². The predicted molar refractivity (Wildman–Crippen MR) is 48.5 cm³/mol. The van der Waals surface area contributed by atoms with Gasteiger partial charge in [-0.2, -0.15) is 10.1 Å². The van der Waals surface area contributed by atoms with Crippen LogP contribution in [-0.2, 0) is 11.8 Å². The van der Waals surface area contributed by atoms with E-state index in [2.05, 4.69) is 10.1 Å².